The third-order valence-corrected chi connectivity index (χ3v) is 2.89. The van der Waals surface area contributed by atoms with Crippen LogP contribution in [0.4, 0.5) is 16.3 Å². The van der Waals surface area contributed by atoms with Gasteiger partial charge in [0.05, 0.1) is 30.6 Å². The Bertz CT molecular complexity index is 642. The number of aromatic amines is 1. The Morgan fingerprint density at radius 3 is 2.74 bits per heavy atom. The molecule has 2 N–H and O–H groups in total. The van der Waals surface area contributed by atoms with Crippen molar-refractivity contribution in [3.8, 4) is 0 Å². The van der Waals surface area contributed by atoms with Gasteiger partial charge in [0.25, 0.3) is 5.69 Å². The van der Waals surface area contributed by atoms with Gasteiger partial charge in [-0.15, -0.1) is 0 Å². The van der Waals surface area contributed by atoms with Gasteiger partial charge >= 0.3 is 6.03 Å². The minimum Gasteiger partial charge on any atom is -0.331 e. The van der Waals surface area contributed by atoms with E-state index in [1.165, 1.54) is 29.7 Å². The molecule has 2 aromatic rings. The van der Waals surface area contributed by atoms with Gasteiger partial charge in [-0.25, -0.2) is 9.78 Å². The average molecular weight is 319 g/mol. The number of benzene rings is 1. The SMILES string of the molecule is CCCON(Cc1ccc([N+](=O)[O-])cc1)C(=O)Nc1cnc[nH]1. The Labute approximate surface area is 132 Å². The van der Waals surface area contributed by atoms with Crippen LogP contribution >= 0.6 is 0 Å². The van der Waals surface area contributed by atoms with E-state index in [0.29, 0.717) is 18.0 Å². The Morgan fingerprint density at radius 2 is 2.17 bits per heavy atom. The molecule has 1 heterocycles. The molecule has 2 amide bonds. The first-order valence-electron chi connectivity index (χ1n) is 7.03. The van der Waals surface area contributed by atoms with Gasteiger partial charge in [-0.3, -0.25) is 20.3 Å². The number of carbonyl (C=O) groups is 1. The number of hydrogen-bond acceptors (Lipinski definition) is 5. The molecule has 0 saturated heterocycles. The van der Waals surface area contributed by atoms with Crippen LogP contribution in [0.1, 0.15) is 18.9 Å². The second kappa shape index (κ2) is 7.90. The van der Waals surface area contributed by atoms with Crippen LogP contribution in [-0.2, 0) is 11.4 Å². The van der Waals surface area contributed by atoms with E-state index >= 15 is 0 Å². The minimum absolute atomic E-state index is 0.00307. The molecule has 9 nitrogen and oxygen atoms in total. The molecule has 9 heteroatoms. The van der Waals surface area contributed by atoms with Crippen LogP contribution in [-0.4, -0.2) is 32.6 Å². The largest absolute Gasteiger partial charge is 0.347 e. The number of nitrogens with zero attached hydrogens (tertiary/aromatic N) is 3. The maximum Gasteiger partial charge on any atom is 0.347 e. The molecule has 0 atom stereocenters. The number of non-ortho nitro benzene ring substituents is 1. The summed E-state index contributed by atoms with van der Waals surface area (Å²) >= 11 is 0. The Morgan fingerprint density at radius 1 is 1.43 bits per heavy atom. The quantitative estimate of drug-likeness (QED) is 0.601. The molecular formula is C14H17N5O4. The molecule has 0 radical (unpaired) electrons. The third kappa shape index (κ3) is 4.78. The molecule has 1 aromatic heterocycles. The van der Waals surface area contributed by atoms with Gasteiger partial charge in [0.2, 0.25) is 0 Å². The van der Waals surface area contributed by atoms with Crippen molar-refractivity contribution in [2.24, 2.45) is 0 Å². The molecule has 0 saturated carbocycles. The number of urea groups is 1. The van der Waals surface area contributed by atoms with E-state index in [1.54, 1.807) is 12.1 Å². The van der Waals surface area contributed by atoms with E-state index in [-0.39, 0.29) is 12.2 Å². The number of nitro groups is 1. The van der Waals surface area contributed by atoms with Gasteiger partial charge in [-0.2, -0.15) is 5.06 Å². The molecule has 1 aromatic carbocycles. The minimum atomic E-state index is -0.472. The zero-order chi connectivity index (χ0) is 16.7. The zero-order valence-electron chi connectivity index (χ0n) is 12.6. The van der Waals surface area contributed by atoms with Crippen molar-refractivity contribution >= 4 is 17.5 Å². The second-order valence-electron chi connectivity index (χ2n) is 4.69. The predicted octanol–water partition coefficient (Wildman–Crippen LogP) is 2.69. The lowest BCUT2D eigenvalue weighted by Gasteiger charge is -2.21. The van der Waals surface area contributed by atoms with Crippen molar-refractivity contribution in [2.75, 3.05) is 11.9 Å². The molecular weight excluding hydrogens is 302 g/mol. The standard InChI is InChI=1S/C14H17N5O4/c1-2-7-23-18(14(20)17-13-8-15-10-16-13)9-11-3-5-12(6-4-11)19(21)22/h3-6,8,10H,2,7,9H2,1H3,(H,15,16)(H,17,20). The summed E-state index contributed by atoms with van der Waals surface area (Å²) in [6.07, 6.45) is 3.67. The Kier molecular flexibility index (Phi) is 5.64. The van der Waals surface area contributed by atoms with Gasteiger partial charge < -0.3 is 4.98 Å². The summed E-state index contributed by atoms with van der Waals surface area (Å²) in [6.45, 7) is 2.47. The van der Waals surface area contributed by atoms with Crippen molar-refractivity contribution in [3.63, 3.8) is 0 Å². The fourth-order valence-electron chi connectivity index (χ4n) is 1.77. The van der Waals surface area contributed by atoms with E-state index in [9.17, 15) is 14.9 Å². The summed E-state index contributed by atoms with van der Waals surface area (Å²) in [5.41, 5.74) is 0.711. The number of anilines is 1. The zero-order valence-corrected chi connectivity index (χ0v) is 12.6. The number of nitro benzene ring substituents is 1. The van der Waals surface area contributed by atoms with Gasteiger partial charge in [0.1, 0.15) is 5.82 Å². The monoisotopic (exact) mass is 319 g/mol. The number of rotatable bonds is 7. The van der Waals surface area contributed by atoms with Crippen LogP contribution in [0.2, 0.25) is 0 Å². The fraction of sp³-hybridized carbons (Fsp3) is 0.286. The summed E-state index contributed by atoms with van der Waals surface area (Å²) in [6, 6.07) is 5.50. The Balaban J connectivity index is 2.04. The summed E-state index contributed by atoms with van der Waals surface area (Å²) < 4.78 is 0. The van der Waals surface area contributed by atoms with Crippen LogP contribution in [0.25, 0.3) is 0 Å². The molecule has 122 valence electrons. The number of amides is 2. The number of hydrogen-bond donors (Lipinski definition) is 2. The summed E-state index contributed by atoms with van der Waals surface area (Å²) in [5, 5.41) is 14.4. The number of carbonyl (C=O) groups excluding carboxylic acids is 1. The number of nitrogens with one attached hydrogen (secondary N) is 2. The van der Waals surface area contributed by atoms with Crippen molar-refractivity contribution in [2.45, 2.75) is 19.9 Å². The molecule has 0 aliphatic rings. The van der Waals surface area contributed by atoms with Crippen molar-refractivity contribution in [3.05, 3.63) is 52.5 Å². The molecule has 0 aliphatic heterocycles. The van der Waals surface area contributed by atoms with Crippen LogP contribution in [0, 0.1) is 10.1 Å². The highest BCUT2D eigenvalue weighted by Gasteiger charge is 2.16. The highest BCUT2D eigenvalue weighted by Crippen LogP contribution is 2.14. The number of H-pyrrole nitrogens is 1. The molecule has 2 rings (SSSR count). The van der Waals surface area contributed by atoms with Crippen molar-refractivity contribution in [1.29, 1.82) is 0 Å². The highest BCUT2D eigenvalue weighted by molar-refractivity contribution is 5.87. The Hall–Kier alpha value is -2.94. The van der Waals surface area contributed by atoms with E-state index in [2.05, 4.69) is 15.3 Å². The van der Waals surface area contributed by atoms with Crippen LogP contribution in [0.15, 0.2) is 36.8 Å². The van der Waals surface area contributed by atoms with Crippen LogP contribution in [0.3, 0.4) is 0 Å². The van der Waals surface area contributed by atoms with Crippen LogP contribution < -0.4 is 5.32 Å². The first-order valence-corrected chi connectivity index (χ1v) is 7.03. The molecule has 23 heavy (non-hydrogen) atoms. The molecule has 0 aliphatic carbocycles. The average Bonchev–Trinajstić information content (AvgIpc) is 3.04. The smallest absolute Gasteiger partial charge is 0.331 e. The third-order valence-electron chi connectivity index (χ3n) is 2.89. The summed E-state index contributed by atoms with van der Waals surface area (Å²) in [5.74, 6) is 0.448. The molecule has 0 bridgehead atoms. The lowest BCUT2D eigenvalue weighted by atomic mass is 10.2. The van der Waals surface area contributed by atoms with E-state index in [1.807, 2.05) is 6.92 Å². The topological polar surface area (TPSA) is 113 Å². The fourth-order valence-corrected chi connectivity index (χ4v) is 1.77. The summed E-state index contributed by atoms with van der Waals surface area (Å²) in [7, 11) is 0. The van der Waals surface area contributed by atoms with E-state index in [0.717, 1.165) is 6.42 Å². The van der Waals surface area contributed by atoms with Gasteiger partial charge in [0, 0.05) is 12.1 Å². The van der Waals surface area contributed by atoms with Crippen molar-refractivity contribution < 1.29 is 14.6 Å². The molecule has 0 unspecified atom stereocenters. The van der Waals surface area contributed by atoms with Crippen molar-refractivity contribution in [1.82, 2.24) is 15.0 Å². The van der Waals surface area contributed by atoms with Gasteiger partial charge in [-0.1, -0.05) is 19.1 Å². The number of imidazole rings is 1. The van der Waals surface area contributed by atoms with Crippen LogP contribution in [0.5, 0.6) is 0 Å². The lowest BCUT2D eigenvalue weighted by molar-refractivity contribution is -0.384. The predicted molar refractivity (Wildman–Crippen MR) is 82.5 cm³/mol. The first kappa shape index (κ1) is 16.4. The maximum atomic E-state index is 12.2. The maximum absolute atomic E-state index is 12.2. The molecule has 0 spiro atoms. The van der Waals surface area contributed by atoms with E-state index in [4.69, 9.17) is 4.84 Å². The summed E-state index contributed by atoms with van der Waals surface area (Å²) in [4.78, 5) is 34.4. The first-order chi connectivity index (χ1) is 11.1. The van der Waals surface area contributed by atoms with Gasteiger partial charge in [0.15, 0.2) is 0 Å². The normalized spacial score (nSPS) is 10.3. The lowest BCUT2D eigenvalue weighted by Crippen LogP contribution is -2.35. The van der Waals surface area contributed by atoms with E-state index < -0.39 is 11.0 Å². The second-order valence-corrected chi connectivity index (χ2v) is 4.69. The number of aromatic nitrogens is 2. The highest BCUT2D eigenvalue weighted by atomic mass is 16.7. The van der Waals surface area contributed by atoms with Gasteiger partial charge in [-0.05, 0) is 12.0 Å². The molecule has 0 fully saturated rings. The number of hydroxylamine groups is 2.